The first-order valence-corrected chi connectivity index (χ1v) is 7.26. The van der Waals surface area contributed by atoms with E-state index in [1.165, 1.54) is 18.4 Å². The van der Waals surface area contributed by atoms with Crippen LogP contribution in [0.25, 0.3) is 6.08 Å². The van der Waals surface area contributed by atoms with Crippen LogP contribution in [-0.4, -0.2) is 23.8 Å². The van der Waals surface area contributed by atoms with Gasteiger partial charge in [-0.2, -0.15) is 0 Å². The van der Waals surface area contributed by atoms with Crippen LogP contribution in [0.15, 0.2) is 30.3 Å². The van der Waals surface area contributed by atoms with Crippen LogP contribution >= 0.6 is 0 Å². The zero-order chi connectivity index (χ0) is 14.8. The Hall–Kier alpha value is -1.61. The van der Waals surface area contributed by atoms with E-state index in [0.717, 1.165) is 12.0 Å². The molecule has 0 aromatic heterocycles. The van der Waals surface area contributed by atoms with Crippen LogP contribution in [0.3, 0.4) is 0 Å². The number of benzene rings is 1. The summed E-state index contributed by atoms with van der Waals surface area (Å²) in [4.78, 5) is 11.2. The fraction of sp³-hybridized carbons (Fsp3) is 0.471. The molecule has 0 radical (unpaired) electrons. The maximum atomic E-state index is 11.2. The van der Waals surface area contributed by atoms with Crippen LogP contribution < -0.4 is 0 Å². The van der Waals surface area contributed by atoms with Gasteiger partial charge in [0.05, 0.1) is 19.1 Å². The Bertz CT molecular complexity index is 420. The summed E-state index contributed by atoms with van der Waals surface area (Å²) in [5, 5.41) is 9.69. The van der Waals surface area contributed by atoms with Crippen LogP contribution in [0.2, 0.25) is 0 Å². The summed E-state index contributed by atoms with van der Waals surface area (Å²) in [7, 11) is 0. The van der Waals surface area contributed by atoms with Crippen LogP contribution in [0.4, 0.5) is 0 Å². The van der Waals surface area contributed by atoms with E-state index in [2.05, 4.69) is 19.1 Å². The summed E-state index contributed by atoms with van der Waals surface area (Å²) >= 11 is 0. The van der Waals surface area contributed by atoms with Crippen molar-refractivity contribution in [1.29, 1.82) is 0 Å². The van der Waals surface area contributed by atoms with E-state index in [-0.39, 0.29) is 12.4 Å². The minimum Gasteiger partial charge on any atom is -0.466 e. The van der Waals surface area contributed by atoms with Gasteiger partial charge in [-0.1, -0.05) is 49.8 Å². The normalized spacial score (nSPS) is 12.6. The lowest BCUT2D eigenvalue weighted by Gasteiger charge is -2.05. The molecule has 0 bridgehead atoms. The van der Waals surface area contributed by atoms with Crippen LogP contribution in [0, 0.1) is 0 Å². The van der Waals surface area contributed by atoms with Gasteiger partial charge in [0.15, 0.2) is 0 Å². The lowest BCUT2D eigenvalue weighted by molar-refractivity contribution is -0.144. The highest BCUT2D eigenvalue weighted by molar-refractivity contribution is 5.70. The van der Waals surface area contributed by atoms with E-state index in [1.807, 2.05) is 18.2 Å². The van der Waals surface area contributed by atoms with Gasteiger partial charge >= 0.3 is 5.97 Å². The molecule has 20 heavy (non-hydrogen) atoms. The number of rotatable bonds is 8. The van der Waals surface area contributed by atoms with Gasteiger partial charge < -0.3 is 9.84 Å². The summed E-state index contributed by atoms with van der Waals surface area (Å²) in [6, 6.07) is 8.26. The van der Waals surface area contributed by atoms with E-state index < -0.39 is 6.10 Å². The number of aliphatic hydroxyl groups is 1. The Kier molecular flexibility index (Phi) is 7.66. The number of hydrogen-bond donors (Lipinski definition) is 1. The van der Waals surface area contributed by atoms with Crippen molar-refractivity contribution >= 4 is 12.0 Å². The summed E-state index contributed by atoms with van der Waals surface area (Å²) < 4.78 is 4.78. The van der Waals surface area contributed by atoms with Crippen LogP contribution in [0.1, 0.15) is 44.2 Å². The number of esters is 1. The average molecular weight is 276 g/mol. The molecule has 0 heterocycles. The molecule has 0 aliphatic carbocycles. The summed E-state index contributed by atoms with van der Waals surface area (Å²) in [6.45, 7) is 4.27. The molecule has 1 aromatic carbocycles. The fourth-order valence-electron chi connectivity index (χ4n) is 1.86. The number of carbonyl (C=O) groups excluding carboxylic acids is 1. The van der Waals surface area contributed by atoms with Gasteiger partial charge in [-0.05, 0) is 30.9 Å². The highest BCUT2D eigenvalue weighted by atomic mass is 16.5. The van der Waals surface area contributed by atoms with Crippen molar-refractivity contribution in [3.63, 3.8) is 0 Å². The number of aryl methyl sites for hydroxylation is 1. The predicted molar refractivity (Wildman–Crippen MR) is 81.3 cm³/mol. The third-order valence-corrected chi connectivity index (χ3v) is 2.99. The molecule has 0 spiro atoms. The van der Waals surface area contributed by atoms with Gasteiger partial charge in [0.25, 0.3) is 0 Å². The van der Waals surface area contributed by atoms with Crippen LogP contribution in [0.5, 0.6) is 0 Å². The van der Waals surface area contributed by atoms with Gasteiger partial charge in [-0.15, -0.1) is 0 Å². The van der Waals surface area contributed by atoms with Gasteiger partial charge in [0.1, 0.15) is 0 Å². The Morgan fingerprint density at radius 2 is 2.00 bits per heavy atom. The van der Waals surface area contributed by atoms with E-state index >= 15 is 0 Å². The predicted octanol–water partition coefficient (Wildman–Crippen LogP) is 3.36. The molecule has 1 aromatic rings. The van der Waals surface area contributed by atoms with Crippen LogP contribution in [-0.2, 0) is 16.0 Å². The van der Waals surface area contributed by atoms with Crippen molar-refractivity contribution in [2.24, 2.45) is 0 Å². The van der Waals surface area contributed by atoms with Crippen molar-refractivity contribution in [1.82, 2.24) is 0 Å². The lowest BCUT2D eigenvalue weighted by Crippen LogP contribution is -2.13. The van der Waals surface area contributed by atoms with E-state index in [0.29, 0.717) is 6.61 Å². The lowest BCUT2D eigenvalue weighted by atomic mass is 10.1. The molecular weight excluding hydrogens is 252 g/mol. The largest absolute Gasteiger partial charge is 0.466 e. The molecule has 1 atom stereocenters. The first-order valence-electron chi connectivity index (χ1n) is 7.26. The molecule has 0 unspecified atom stereocenters. The molecule has 3 nitrogen and oxygen atoms in total. The summed E-state index contributed by atoms with van der Waals surface area (Å²) in [5.41, 5.74) is 2.35. The zero-order valence-electron chi connectivity index (χ0n) is 12.3. The van der Waals surface area contributed by atoms with Gasteiger partial charge in [0, 0.05) is 0 Å². The smallest absolute Gasteiger partial charge is 0.308 e. The second-order valence-electron chi connectivity index (χ2n) is 4.78. The highest BCUT2D eigenvalue weighted by Gasteiger charge is 2.07. The zero-order valence-corrected chi connectivity index (χ0v) is 12.3. The minimum absolute atomic E-state index is 0.00107. The average Bonchev–Trinajstić information content (AvgIpc) is 2.44. The molecule has 0 saturated carbocycles. The monoisotopic (exact) mass is 276 g/mol. The Labute approximate surface area is 121 Å². The summed E-state index contributed by atoms with van der Waals surface area (Å²) in [5.74, 6) is -0.375. The highest BCUT2D eigenvalue weighted by Crippen LogP contribution is 2.10. The number of aliphatic hydroxyl groups excluding tert-OH is 1. The Balaban J connectivity index is 2.46. The second kappa shape index (κ2) is 9.32. The first-order chi connectivity index (χ1) is 9.65. The second-order valence-corrected chi connectivity index (χ2v) is 4.78. The summed E-state index contributed by atoms with van der Waals surface area (Å²) in [6.07, 6.45) is 6.15. The number of unbranched alkanes of at least 4 members (excludes halogenated alkanes) is 1. The number of carbonyl (C=O) groups is 1. The molecule has 0 aliphatic rings. The maximum absolute atomic E-state index is 11.2. The fourth-order valence-corrected chi connectivity index (χ4v) is 1.86. The quantitative estimate of drug-likeness (QED) is 0.741. The van der Waals surface area contributed by atoms with E-state index in [4.69, 9.17) is 4.74 Å². The maximum Gasteiger partial charge on any atom is 0.308 e. The molecule has 0 fully saturated rings. The van der Waals surface area contributed by atoms with Crippen molar-refractivity contribution < 1.29 is 14.6 Å². The van der Waals surface area contributed by atoms with Crippen molar-refractivity contribution in [3.05, 3.63) is 41.5 Å². The standard InChI is InChI=1S/C17H24O3/c1-3-5-6-14-7-9-15(10-8-14)11-12-16(18)13-17(19)20-4-2/h7-12,16,18H,3-6,13H2,1-2H3/b12-11+/t16-/m1/s1. The topological polar surface area (TPSA) is 46.5 Å². The number of hydrogen-bond acceptors (Lipinski definition) is 3. The number of ether oxygens (including phenoxy) is 1. The molecule has 1 rings (SSSR count). The van der Waals surface area contributed by atoms with Gasteiger partial charge in [-0.25, -0.2) is 0 Å². The van der Waals surface area contributed by atoms with E-state index in [1.54, 1.807) is 13.0 Å². The van der Waals surface area contributed by atoms with Gasteiger partial charge in [0.2, 0.25) is 0 Å². The van der Waals surface area contributed by atoms with Crippen molar-refractivity contribution in [2.75, 3.05) is 6.61 Å². The Morgan fingerprint density at radius 3 is 2.60 bits per heavy atom. The Morgan fingerprint density at radius 1 is 1.30 bits per heavy atom. The molecule has 0 amide bonds. The first kappa shape index (κ1) is 16.4. The molecule has 0 saturated heterocycles. The van der Waals surface area contributed by atoms with Gasteiger partial charge in [-0.3, -0.25) is 4.79 Å². The third kappa shape index (κ3) is 6.53. The SMILES string of the molecule is CCCCc1ccc(/C=C/[C@@H](O)CC(=O)OCC)cc1. The molecular formula is C17H24O3. The molecule has 1 N–H and O–H groups in total. The molecule has 110 valence electrons. The third-order valence-electron chi connectivity index (χ3n) is 2.99. The van der Waals surface area contributed by atoms with E-state index in [9.17, 15) is 9.90 Å². The molecule has 3 heteroatoms. The minimum atomic E-state index is -0.797. The molecule has 0 aliphatic heterocycles. The van der Waals surface area contributed by atoms with Crippen molar-refractivity contribution in [2.45, 2.75) is 45.6 Å². The van der Waals surface area contributed by atoms with Crippen molar-refractivity contribution in [3.8, 4) is 0 Å².